The zero-order valence-electron chi connectivity index (χ0n) is 12.1. The highest BCUT2D eigenvalue weighted by molar-refractivity contribution is 7.89. The summed E-state index contributed by atoms with van der Waals surface area (Å²) in [4.78, 5) is 0.368. The van der Waals surface area contributed by atoms with Gasteiger partial charge in [-0.1, -0.05) is 25.5 Å². The molecule has 1 saturated carbocycles. The van der Waals surface area contributed by atoms with Crippen LogP contribution in [0.3, 0.4) is 0 Å². The topological polar surface area (TPSA) is 58.2 Å². The van der Waals surface area contributed by atoms with E-state index in [1.165, 1.54) is 6.42 Å². The largest absolute Gasteiger partial charge is 0.313 e. The van der Waals surface area contributed by atoms with Gasteiger partial charge in [0.05, 0.1) is 4.90 Å². The van der Waals surface area contributed by atoms with E-state index in [9.17, 15) is 8.42 Å². The van der Waals surface area contributed by atoms with Crippen LogP contribution in [0.5, 0.6) is 0 Å². The van der Waals surface area contributed by atoms with Crippen molar-refractivity contribution in [3.05, 3.63) is 29.8 Å². The molecule has 0 spiro atoms. The number of sulfonamides is 1. The Labute approximate surface area is 122 Å². The molecule has 112 valence electrons. The van der Waals surface area contributed by atoms with Crippen LogP contribution in [0, 0.1) is 5.92 Å². The zero-order valence-corrected chi connectivity index (χ0v) is 12.9. The first-order valence-electron chi connectivity index (χ1n) is 7.41. The van der Waals surface area contributed by atoms with Gasteiger partial charge in [-0.15, -0.1) is 0 Å². The molecular formula is C15H24N2O2S. The molecular weight excluding hydrogens is 272 g/mol. The Hall–Kier alpha value is -0.910. The minimum absolute atomic E-state index is 0.368. The average Bonchev–Trinajstić information content (AvgIpc) is 2.37. The summed E-state index contributed by atoms with van der Waals surface area (Å²) >= 11 is 0. The van der Waals surface area contributed by atoms with Crippen LogP contribution in [0.25, 0.3) is 0 Å². The number of nitrogens with one attached hydrogen (secondary N) is 2. The van der Waals surface area contributed by atoms with Crippen molar-refractivity contribution >= 4 is 10.0 Å². The Kier molecular flexibility index (Phi) is 5.57. The Balaban J connectivity index is 1.96. The summed E-state index contributed by atoms with van der Waals surface area (Å²) in [6.07, 6.45) is 4.58. The summed E-state index contributed by atoms with van der Waals surface area (Å²) in [6, 6.07) is 7.17. The van der Waals surface area contributed by atoms with Gasteiger partial charge < -0.3 is 5.32 Å². The summed E-state index contributed by atoms with van der Waals surface area (Å²) in [6.45, 7) is 4.33. The van der Waals surface area contributed by atoms with Crippen molar-refractivity contribution in [3.63, 3.8) is 0 Å². The van der Waals surface area contributed by atoms with E-state index >= 15 is 0 Å². The molecule has 20 heavy (non-hydrogen) atoms. The van der Waals surface area contributed by atoms with E-state index < -0.39 is 10.0 Å². The quantitative estimate of drug-likeness (QED) is 0.724. The fourth-order valence-corrected chi connectivity index (χ4v) is 3.43. The molecule has 0 unspecified atom stereocenters. The van der Waals surface area contributed by atoms with Gasteiger partial charge in [-0.25, -0.2) is 13.1 Å². The third-order valence-corrected chi connectivity index (χ3v) is 5.17. The first-order valence-corrected chi connectivity index (χ1v) is 8.89. The van der Waals surface area contributed by atoms with E-state index in [4.69, 9.17) is 0 Å². The highest BCUT2D eigenvalue weighted by atomic mass is 32.2. The van der Waals surface area contributed by atoms with Gasteiger partial charge in [0.25, 0.3) is 0 Å². The van der Waals surface area contributed by atoms with E-state index in [0.29, 0.717) is 23.9 Å². The van der Waals surface area contributed by atoms with Crippen molar-refractivity contribution in [1.82, 2.24) is 10.0 Å². The van der Waals surface area contributed by atoms with Crippen molar-refractivity contribution in [3.8, 4) is 0 Å². The molecule has 0 bridgehead atoms. The third kappa shape index (κ3) is 4.30. The molecule has 0 atom stereocenters. The first kappa shape index (κ1) is 15.5. The average molecular weight is 296 g/mol. The summed E-state index contributed by atoms with van der Waals surface area (Å²) in [5.41, 5.74) is 1.00. The maximum absolute atomic E-state index is 12.2. The van der Waals surface area contributed by atoms with Crippen LogP contribution in [0.2, 0.25) is 0 Å². The molecule has 0 aliphatic heterocycles. The summed E-state index contributed by atoms with van der Waals surface area (Å²) < 4.78 is 27.2. The van der Waals surface area contributed by atoms with Gasteiger partial charge >= 0.3 is 0 Å². The van der Waals surface area contributed by atoms with Gasteiger partial charge in [-0.3, -0.25) is 0 Å². The summed E-state index contributed by atoms with van der Waals surface area (Å²) in [7, 11) is -3.36. The predicted octanol–water partition coefficient (Wildman–Crippen LogP) is 2.26. The number of hydrogen-bond acceptors (Lipinski definition) is 3. The van der Waals surface area contributed by atoms with Crippen LogP contribution in [0.4, 0.5) is 0 Å². The van der Waals surface area contributed by atoms with E-state index in [0.717, 1.165) is 31.4 Å². The second-order valence-corrected chi connectivity index (χ2v) is 7.24. The normalized spacial score (nSPS) is 16.1. The molecule has 0 amide bonds. The fourth-order valence-electron chi connectivity index (χ4n) is 2.24. The number of hydrogen-bond donors (Lipinski definition) is 2. The van der Waals surface area contributed by atoms with Crippen LogP contribution < -0.4 is 10.0 Å². The number of rotatable bonds is 8. The second kappa shape index (κ2) is 7.20. The monoisotopic (exact) mass is 296 g/mol. The molecule has 1 aliphatic rings. The van der Waals surface area contributed by atoms with Gasteiger partial charge in [0.2, 0.25) is 10.0 Å². The molecule has 2 rings (SSSR count). The highest BCUT2D eigenvalue weighted by Gasteiger charge is 2.21. The van der Waals surface area contributed by atoms with E-state index in [2.05, 4.69) is 17.0 Å². The molecule has 0 aromatic heterocycles. The smallest absolute Gasteiger partial charge is 0.240 e. The fraction of sp³-hybridized carbons (Fsp3) is 0.600. The van der Waals surface area contributed by atoms with Crippen molar-refractivity contribution < 1.29 is 8.42 Å². The molecule has 1 aliphatic carbocycles. The van der Waals surface area contributed by atoms with Crippen LogP contribution in [0.1, 0.15) is 38.2 Å². The molecule has 1 fully saturated rings. The van der Waals surface area contributed by atoms with Gasteiger partial charge in [-0.2, -0.15) is 0 Å². The molecule has 5 heteroatoms. The van der Waals surface area contributed by atoms with E-state index in [1.54, 1.807) is 18.2 Å². The lowest BCUT2D eigenvalue weighted by Crippen LogP contribution is -2.32. The van der Waals surface area contributed by atoms with Crippen LogP contribution in [-0.2, 0) is 16.6 Å². The van der Waals surface area contributed by atoms with Crippen molar-refractivity contribution in [1.29, 1.82) is 0 Å². The lowest BCUT2D eigenvalue weighted by atomic mass is 9.86. The Bertz CT molecular complexity index is 524. The molecule has 0 radical (unpaired) electrons. The molecule has 2 N–H and O–H groups in total. The SMILES string of the molecule is CCCNCc1cccc(S(=O)(=O)NCC2CCC2)c1. The van der Waals surface area contributed by atoms with Crippen LogP contribution >= 0.6 is 0 Å². The molecule has 1 aromatic carbocycles. The maximum Gasteiger partial charge on any atom is 0.240 e. The van der Waals surface area contributed by atoms with E-state index in [-0.39, 0.29) is 0 Å². The van der Waals surface area contributed by atoms with Gasteiger partial charge in [0.1, 0.15) is 0 Å². The van der Waals surface area contributed by atoms with Crippen molar-refractivity contribution in [2.24, 2.45) is 5.92 Å². The standard InChI is InChI=1S/C15H24N2O2S/c1-2-9-16-11-14-7-4-8-15(10-14)20(18,19)17-12-13-5-3-6-13/h4,7-8,10,13,16-17H,2-3,5-6,9,11-12H2,1H3. The lowest BCUT2D eigenvalue weighted by Gasteiger charge is -2.25. The molecule has 1 aromatic rings. The lowest BCUT2D eigenvalue weighted by molar-refractivity contribution is 0.316. The zero-order chi connectivity index (χ0) is 14.4. The summed E-state index contributed by atoms with van der Waals surface area (Å²) in [5.74, 6) is 0.527. The molecule has 4 nitrogen and oxygen atoms in total. The Morgan fingerprint density at radius 1 is 1.30 bits per heavy atom. The third-order valence-electron chi connectivity index (χ3n) is 3.75. The minimum Gasteiger partial charge on any atom is -0.313 e. The van der Waals surface area contributed by atoms with Crippen molar-refractivity contribution in [2.75, 3.05) is 13.1 Å². The second-order valence-electron chi connectivity index (χ2n) is 5.47. The van der Waals surface area contributed by atoms with Crippen molar-refractivity contribution in [2.45, 2.75) is 44.0 Å². The van der Waals surface area contributed by atoms with Gasteiger partial charge in [0, 0.05) is 13.1 Å². The predicted molar refractivity (Wildman–Crippen MR) is 81.0 cm³/mol. The minimum atomic E-state index is -3.36. The Morgan fingerprint density at radius 3 is 2.75 bits per heavy atom. The van der Waals surface area contributed by atoms with Crippen LogP contribution in [-0.4, -0.2) is 21.5 Å². The van der Waals surface area contributed by atoms with Gasteiger partial charge in [-0.05, 0) is 49.4 Å². The first-order chi connectivity index (χ1) is 9.62. The molecule has 0 saturated heterocycles. The van der Waals surface area contributed by atoms with Crippen LogP contribution in [0.15, 0.2) is 29.2 Å². The summed E-state index contributed by atoms with van der Waals surface area (Å²) in [5, 5.41) is 3.28. The number of benzene rings is 1. The van der Waals surface area contributed by atoms with E-state index in [1.807, 2.05) is 6.07 Å². The maximum atomic E-state index is 12.2. The molecule has 0 heterocycles. The Morgan fingerprint density at radius 2 is 2.10 bits per heavy atom. The van der Waals surface area contributed by atoms with Gasteiger partial charge in [0.15, 0.2) is 0 Å². The highest BCUT2D eigenvalue weighted by Crippen LogP contribution is 2.25.